The number of nitrogens with zero attached hydrogens (tertiary/aromatic N) is 3. The van der Waals surface area contributed by atoms with Crippen molar-refractivity contribution in [2.75, 3.05) is 70.2 Å². The average Bonchev–Trinajstić information content (AvgIpc) is 3.24. The second-order valence-electron chi connectivity index (χ2n) is 16.2. The van der Waals surface area contributed by atoms with E-state index in [0.29, 0.717) is 65.7 Å². The number of aryl methyl sites for hydroxylation is 1. The van der Waals surface area contributed by atoms with E-state index in [-0.39, 0.29) is 25.0 Å². The first-order chi connectivity index (χ1) is 29.3. The summed E-state index contributed by atoms with van der Waals surface area (Å²) in [5, 5.41) is 5.67. The molecule has 13 nitrogen and oxygen atoms in total. The predicted octanol–water partition coefficient (Wildman–Crippen LogP) is 8.11. The quantitative estimate of drug-likeness (QED) is 0.0898. The van der Waals surface area contributed by atoms with Crippen molar-refractivity contribution in [2.24, 2.45) is 0 Å². The first-order valence-corrected chi connectivity index (χ1v) is 21.1. The van der Waals surface area contributed by atoms with Crippen LogP contribution in [0.5, 0.6) is 17.2 Å². The van der Waals surface area contributed by atoms with E-state index in [1.165, 1.54) is 0 Å². The molecule has 1 aliphatic rings. The van der Waals surface area contributed by atoms with Gasteiger partial charge in [0.1, 0.15) is 29.5 Å². The number of carbonyl (C=O) groups is 4. The maximum absolute atomic E-state index is 14.1. The largest absolute Gasteiger partial charge is 0.493 e. The van der Waals surface area contributed by atoms with Gasteiger partial charge in [-0.2, -0.15) is 0 Å². The summed E-state index contributed by atoms with van der Waals surface area (Å²) in [5.41, 5.74) is 2.96. The van der Waals surface area contributed by atoms with Crippen LogP contribution in [-0.2, 0) is 16.1 Å². The number of alkyl carbamates (subject to hydrolysis) is 1. The van der Waals surface area contributed by atoms with Gasteiger partial charge in [-0.1, -0.05) is 48.5 Å². The van der Waals surface area contributed by atoms with Gasteiger partial charge in [0.25, 0.3) is 11.8 Å². The standard InChI is InChI=1S/C48H61N5O8/c1-35-21-24-40(43(32-35)59-30-14-8-11-20-44(54)53-28-26-51(5)27-29-53)52(6)46(56)37-22-23-39(42(33-37)60-34-36-16-9-7-10-17-36)50-45(55)38-18-12-13-19-41(38)58-31-15-25-49-47(57)61-48(2,3)4/h7,9-10,12-13,16-19,21-24,32-33H,8,11,14-15,20,25-31,34H2,1-6H3,(H,49,57)(H,50,55). The van der Waals surface area contributed by atoms with Gasteiger partial charge in [0.05, 0.1) is 30.2 Å². The molecule has 2 N–H and O–H groups in total. The molecule has 4 aromatic carbocycles. The van der Waals surface area contributed by atoms with Gasteiger partial charge in [-0.15, -0.1) is 0 Å². The number of para-hydroxylation sites is 1. The van der Waals surface area contributed by atoms with Crippen LogP contribution in [0.25, 0.3) is 0 Å². The van der Waals surface area contributed by atoms with E-state index in [0.717, 1.165) is 56.6 Å². The number of hydrogen-bond donors (Lipinski definition) is 2. The van der Waals surface area contributed by atoms with Crippen LogP contribution in [0.3, 0.4) is 0 Å². The molecule has 0 aliphatic carbocycles. The number of anilines is 2. The molecule has 1 fully saturated rings. The molecule has 13 heteroatoms. The maximum atomic E-state index is 14.1. The Balaban J connectivity index is 1.23. The van der Waals surface area contributed by atoms with E-state index in [2.05, 4.69) is 22.6 Å². The lowest BCUT2D eigenvalue weighted by Gasteiger charge is -2.32. The van der Waals surface area contributed by atoms with E-state index < -0.39 is 17.6 Å². The molecule has 0 spiro atoms. The molecule has 0 aromatic heterocycles. The van der Waals surface area contributed by atoms with Crippen LogP contribution in [0.2, 0.25) is 0 Å². The van der Waals surface area contributed by atoms with Gasteiger partial charge in [-0.05, 0) is 114 Å². The van der Waals surface area contributed by atoms with E-state index in [1.54, 1.807) is 75.2 Å². The highest BCUT2D eigenvalue weighted by Gasteiger charge is 2.22. The number of ether oxygens (including phenoxy) is 4. The molecule has 4 amide bonds. The zero-order valence-electron chi connectivity index (χ0n) is 36.5. The molecule has 0 radical (unpaired) electrons. The molecule has 1 saturated heterocycles. The minimum atomic E-state index is -0.594. The third-order valence-corrected chi connectivity index (χ3v) is 10.0. The topological polar surface area (TPSA) is 139 Å². The summed E-state index contributed by atoms with van der Waals surface area (Å²) < 4.78 is 23.8. The van der Waals surface area contributed by atoms with Gasteiger partial charge in [0, 0.05) is 51.8 Å². The lowest BCUT2D eigenvalue weighted by Crippen LogP contribution is -2.47. The molecule has 326 valence electrons. The number of unbranched alkanes of at least 4 members (excludes halogenated alkanes) is 2. The number of amides is 4. The third kappa shape index (κ3) is 14.6. The molecular weight excluding hydrogens is 775 g/mol. The van der Waals surface area contributed by atoms with Crippen molar-refractivity contribution in [3.05, 3.63) is 113 Å². The molecule has 0 bridgehead atoms. The summed E-state index contributed by atoms with van der Waals surface area (Å²) in [4.78, 5) is 58.3. The van der Waals surface area contributed by atoms with Crippen molar-refractivity contribution in [3.8, 4) is 17.2 Å². The van der Waals surface area contributed by atoms with Crippen LogP contribution in [-0.4, -0.2) is 99.2 Å². The molecule has 1 heterocycles. The van der Waals surface area contributed by atoms with Gasteiger partial charge in [-0.3, -0.25) is 14.4 Å². The number of hydrogen-bond acceptors (Lipinski definition) is 9. The van der Waals surface area contributed by atoms with Gasteiger partial charge in [0.15, 0.2) is 0 Å². The fraction of sp³-hybridized carbons (Fsp3) is 0.417. The lowest BCUT2D eigenvalue weighted by atomic mass is 10.1. The molecule has 1 aliphatic heterocycles. The highest BCUT2D eigenvalue weighted by atomic mass is 16.6. The summed E-state index contributed by atoms with van der Waals surface area (Å²) in [6.07, 6.45) is 2.97. The van der Waals surface area contributed by atoms with Crippen LogP contribution in [0.1, 0.15) is 84.7 Å². The lowest BCUT2D eigenvalue weighted by molar-refractivity contribution is -0.132. The highest BCUT2D eigenvalue weighted by Crippen LogP contribution is 2.33. The second kappa shape index (κ2) is 22.5. The SMILES string of the molecule is Cc1ccc(N(C)C(=O)c2ccc(NC(=O)c3ccccc3OCCCNC(=O)OC(C)(C)C)c(OCc3ccccc3)c2)c(OCCCCCC(=O)N2CCN(C)CC2)c1. The van der Waals surface area contributed by atoms with Gasteiger partial charge in [-0.25, -0.2) is 4.79 Å². The van der Waals surface area contributed by atoms with Crippen LogP contribution < -0.4 is 29.7 Å². The van der Waals surface area contributed by atoms with E-state index in [1.807, 2.05) is 60.4 Å². The molecule has 0 saturated carbocycles. The number of likely N-dealkylation sites (N-methyl/N-ethyl adjacent to an activating group) is 1. The summed E-state index contributed by atoms with van der Waals surface area (Å²) in [6.45, 7) is 12.0. The number of piperazine rings is 1. The minimum Gasteiger partial charge on any atom is -0.493 e. The zero-order valence-corrected chi connectivity index (χ0v) is 36.5. The fourth-order valence-corrected chi connectivity index (χ4v) is 6.61. The Bertz CT molecular complexity index is 2080. The molecule has 61 heavy (non-hydrogen) atoms. The highest BCUT2D eigenvalue weighted by molar-refractivity contribution is 6.09. The zero-order chi connectivity index (χ0) is 43.8. The van der Waals surface area contributed by atoms with Gasteiger partial charge < -0.3 is 44.3 Å². The first kappa shape index (κ1) is 46.0. The van der Waals surface area contributed by atoms with Crippen LogP contribution in [0.4, 0.5) is 16.2 Å². The molecule has 5 rings (SSSR count). The van der Waals surface area contributed by atoms with Gasteiger partial charge >= 0.3 is 6.09 Å². The molecular formula is C48H61N5O8. The number of nitrogens with one attached hydrogen (secondary N) is 2. The van der Waals surface area contributed by atoms with Gasteiger partial charge in [0.2, 0.25) is 5.91 Å². The monoisotopic (exact) mass is 835 g/mol. The van der Waals surface area contributed by atoms with Crippen molar-refractivity contribution in [3.63, 3.8) is 0 Å². The Hall–Kier alpha value is -6.08. The maximum Gasteiger partial charge on any atom is 0.407 e. The van der Waals surface area contributed by atoms with Crippen molar-refractivity contribution >= 4 is 35.2 Å². The first-order valence-electron chi connectivity index (χ1n) is 21.1. The summed E-state index contributed by atoms with van der Waals surface area (Å²) in [6, 6.07) is 27.2. The van der Waals surface area contributed by atoms with Crippen molar-refractivity contribution < 1.29 is 38.1 Å². The van der Waals surface area contributed by atoms with E-state index in [9.17, 15) is 19.2 Å². The van der Waals surface area contributed by atoms with Crippen molar-refractivity contribution in [1.82, 2.24) is 15.1 Å². The molecule has 4 aromatic rings. The number of benzene rings is 4. The fourth-order valence-electron chi connectivity index (χ4n) is 6.61. The summed E-state index contributed by atoms with van der Waals surface area (Å²) in [5.74, 6) is 0.784. The average molecular weight is 836 g/mol. The minimum absolute atomic E-state index is 0.203. The third-order valence-electron chi connectivity index (χ3n) is 10.0. The summed E-state index contributed by atoms with van der Waals surface area (Å²) in [7, 11) is 3.78. The van der Waals surface area contributed by atoms with E-state index >= 15 is 0 Å². The summed E-state index contributed by atoms with van der Waals surface area (Å²) >= 11 is 0. The number of carbonyl (C=O) groups excluding carboxylic acids is 4. The molecule has 0 unspecified atom stereocenters. The second-order valence-corrected chi connectivity index (χ2v) is 16.2. The van der Waals surface area contributed by atoms with E-state index in [4.69, 9.17) is 18.9 Å². The Morgan fingerprint density at radius 2 is 1.44 bits per heavy atom. The van der Waals surface area contributed by atoms with Crippen LogP contribution in [0, 0.1) is 6.92 Å². The normalized spacial score (nSPS) is 12.9. The van der Waals surface area contributed by atoms with Crippen LogP contribution >= 0.6 is 0 Å². The van der Waals surface area contributed by atoms with Crippen molar-refractivity contribution in [1.29, 1.82) is 0 Å². The Morgan fingerprint density at radius 1 is 0.738 bits per heavy atom. The molecule has 0 atom stereocenters. The predicted molar refractivity (Wildman–Crippen MR) is 238 cm³/mol. The Morgan fingerprint density at radius 3 is 2.20 bits per heavy atom. The smallest absolute Gasteiger partial charge is 0.407 e. The Kier molecular flexibility index (Phi) is 17.0. The van der Waals surface area contributed by atoms with Crippen molar-refractivity contribution in [2.45, 2.75) is 72.0 Å². The Labute approximate surface area is 360 Å². The number of rotatable bonds is 19. The van der Waals surface area contributed by atoms with Crippen LogP contribution in [0.15, 0.2) is 91.0 Å².